The van der Waals surface area contributed by atoms with E-state index in [1.54, 1.807) is 0 Å². The first-order chi connectivity index (χ1) is 12.6. The molecule has 0 saturated carbocycles. The summed E-state index contributed by atoms with van der Waals surface area (Å²) >= 11 is 0. The van der Waals surface area contributed by atoms with Crippen molar-refractivity contribution in [3.05, 3.63) is 66.2 Å². The maximum absolute atomic E-state index is 13.9. The molecule has 0 amide bonds. The van der Waals surface area contributed by atoms with Gasteiger partial charge in [-0.1, -0.05) is 35.5 Å². The van der Waals surface area contributed by atoms with Crippen LogP contribution in [0.15, 0.2) is 64.0 Å². The largest absolute Gasteiger partial charge is 0.334 e. The van der Waals surface area contributed by atoms with E-state index in [1.165, 1.54) is 22.5 Å². The van der Waals surface area contributed by atoms with Crippen molar-refractivity contribution in [2.75, 3.05) is 13.1 Å². The fourth-order valence-corrected chi connectivity index (χ4v) is 4.61. The fourth-order valence-electron chi connectivity index (χ4n) is 3.05. The molecule has 0 bridgehead atoms. The second kappa shape index (κ2) is 6.62. The number of sulfonamides is 1. The van der Waals surface area contributed by atoms with Crippen molar-refractivity contribution in [2.24, 2.45) is 0 Å². The van der Waals surface area contributed by atoms with Gasteiger partial charge in [-0.25, -0.2) is 12.8 Å². The standard InChI is InChI=1S/C18H16FN3O3S/c19-15-8-4-5-9-16(15)26(23,24)22-11-10-14(12-22)17-20-18(25-21-17)13-6-2-1-3-7-13/h1-9,14H,10-12H2. The van der Waals surface area contributed by atoms with Gasteiger partial charge in [0, 0.05) is 24.6 Å². The zero-order chi connectivity index (χ0) is 18.1. The average Bonchev–Trinajstić information content (AvgIpc) is 3.32. The van der Waals surface area contributed by atoms with Gasteiger partial charge in [0.25, 0.3) is 5.89 Å². The van der Waals surface area contributed by atoms with Gasteiger partial charge in [-0.05, 0) is 30.7 Å². The zero-order valence-electron chi connectivity index (χ0n) is 13.7. The Morgan fingerprint density at radius 3 is 2.58 bits per heavy atom. The molecule has 2 aromatic carbocycles. The van der Waals surface area contributed by atoms with Crippen molar-refractivity contribution in [1.82, 2.24) is 14.4 Å². The van der Waals surface area contributed by atoms with Crippen molar-refractivity contribution in [1.29, 1.82) is 0 Å². The second-order valence-corrected chi connectivity index (χ2v) is 8.01. The first-order valence-electron chi connectivity index (χ1n) is 8.19. The molecule has 1 atom stereocenters. The minimum Gasteiger partial charge on any atom is -0.334 e. The highest BCUT2D eigenvalue weighted by atomic mass is 32.2. The molecule has 1 aliphatic heterocycles. The molecule has 0 radical (unpaired) electrons. The summed E-state index contributed by atoms with van der Waals surface area (Å²) in [5.74, 6) is -0.0641. The number of halogens is 1. The van der Waals surface area contributed by atoms with E-state index in [4.69, 9.17) is 4.52 Å². The molecule has 134 valence electrons. The van der Waals surface area contributed by atoms with Crippen LogP contribution in [0.5, 0.6) is 0 Å². The lowest BCUT2D eigenvalue weighted by Crippen LogP contribution is -2.29. The van der Waals surface area contributed by atoms with E-state index in [0.717, 1.165) is 11.6 Å². The van der Waals surface area contributed by atoms with Crippen LogP contribution in [-0.2, 0) is 10.0 Å². The molecule has 1 aliphatic rings. The van der Waals surface area contributed by atoms with Crippen LogP contribution in [-0.4, -0.2) is 36.0 Å². The Kier molecular flexibility index (Phi) is 4.29. The topological polar surface area (TPSA) is 76.3 Å². The first kappa shape index (κ1) is 16.9. The minimum atomic E-state index is -3.88. The number of hydrogen-bond acceptors (Lipinski definition) is 5. The molecule has 26 heavy (non-hydrogen) atoms. The van der Waals surface area contributed by atoms with E-state index in [9.17, 15) is 12.8 Å². The summed E-state index contributed by atoms with van der Waals surface area (Å²) in [6.45, 7) is 0.487. The predicted molar refractivity (Wildman–Crippen MR) is 92.3 cm³/mol. The van der Waals surface area contributed by atoms with E-state index >= 15 is 0 Å². The van der Waals surface area contributed by atoms with Crippen molar-refractivity contribution in [2.45, 2.75) is 17.2 Å². The zero-order valence-corrected chi connectivity index (χ0v) is 14.6. The molecule has 1 unspecified atom stereocenters. The quantitative estimate of drug-likeness (QED) is 0.703. The van der Waals surface area contributed by atoms with Crippen molar-refractivity contribution in [3.8, 4) is 11.5 Å². The van der Waals surface area contributed by atoms with E-state index < -0.39 is 15.8 Å². The normalized spacial score (nSPS) is 18.3. The van der Waals surface area contributed by atoms with Gasteiger partial charge in [0.15, 0.2) is 5.82 Å². The first-order valence-corrected chi connectivity index (χ1v) is 9.63. The van der Waals surface area contributed by atoms with Gasteiger partial charge in [-0.15, -0.1) is 0 Å². The number of aromatic nitrogens is 2. The molecule has 4 rings (SSSR count). The van der Waals surface area contributed by atoms with Gasteiger partial charge in [0.2, 0.25) is 10.0 Å². The third-order valence-corrected chi connectivity index (χ3v) is 6.33. The molecule has 0 N–H and O–H groups in total. The Morgan fingerprint density at radius 2 is 1.81 bits per heavy atom. The number of nitrogens with zero attached hydrogens (tertiary/aromatic N) is 3. The molecule has 6 nitrogen and oxygen atoms in total. The van der Waals surface area contributed by atoms with E-state index in [1.807, 2.05) is 30.3 Å². The van der Waals surface area contributed by atoms with Crippen molar-refractivity contribution >= 4 is 10.0 Å². The van der Waals surface area contributed by atoms with Crippen LogP contribution in [0.3, 0.4) is 0 Å². The summed E-state index contributed by atoms with van der Waals surface area (Å²) in [7, 11) is -3.88. The lowest BCUT2D eigenvalue weighted by molar-refractivity contribution is 0.414. The molecule has 1 saturated heterocycles. The Morgan fingerprint density at radius 1 is 1.08 bits per heavy atom. The Hall–Kier alpha value is -2.58. The second-order valence-electron chi connectivity index (χ2n) is 6.10. The van der Waals surface area contributed by atoms with E-state index in [0.29, 0.717) is 18.1 Å². The van der Waals surface area contributed by atoms with Gasteiger partial charge in [-0.3, -0.25) is 0 Å². The van der Waals surface area contributed by atoms with Gasteiger partial charge < -0.3 is 4.52 Å². The van der Waals surface area contributed by atoms with Gasteiger partial charge in [0.05, 0.1) is 0 Å². The lowest BCUT2D eigenvalue weighted by atomic mass is 10.1. The van der Waals surface area contributed by atoms with Crippen LogP contribution in [0.25, 0.3) is 11.5 Å². The maximum Gasteiger partial charge on any atom is 0.257 e. The van der Waals surface area contributed by atoms with Crippen LogP contribution in [0, 0.1) is 5.82 Å². The molecule has 2 heterocycles. The molecule has 1 fully saturated rings. The summed E-state index contributed by atoms with van der Waals surface area (Å²) in [6, 6.07) is 14.8. The minimum absolute atomic E-state index is 0.183. The summed E-state index contributed by atoms with van der Waals surface area (Å²) in [5, 5.41) is 4.00. The highest BCUT2D eigenvalue weighted by Crippen LogP contribution is 2.31. The predicted octanol–water partition coefficient (Wildman–Crippen LogP) is 3.05. The number of hydrogen-bond donors (Lipinski definition) is 0. The molecular weight excluding hydrogens is 357 g/mol. The average molecular weight is 373 g/mol. The fraction of sp³-hybridized carbons (Fsp3) is 0.222. The molecule has 0 spiro atoms. The van der Waals surface area contributed by atoms with Gasteiger partial charge in [-0.2, -0.15) is 9.29 Å². The van der Waals surface area contributed by atoms with Gasteiger partial charge >= 0.3 is 0 Å². The Labute approximate surface area is 150 Å². The molecule has 8 heteroatoms. The summed E-state index contributed by atoms with van der Waals surface area (Å²) in [6.07, 6.45) is 0.557. The van der Waals surface area contributed by atoms with Crippen LogP contribution in [0.4, 0.5) is 4.39 Å². The van der Waals surface area contributed by atoms with Gasteiger partial charge in [0.1, 0.15) is 10.7 Å². The lowest BCUT2D eigenvalue weighted by Gasteiger charge is -2.16. The SMILES string of the molecule is O=S(=O)(c1ccccc1F)N1CCC(c2noc(-c3ccccc3)n2)C1. The monoisotopic (exact) mass is 373 g/mol. The summed E-state index contributed by atoms with van der Waals surface area (Å²) in [4.78, 5) is 4.09. The molecule has 3 aromatic rings. The van der Waals surface area contributed by atoms with Crippen molar-refractivity contribution in [3.63, 3.8) is 0 Å². The molecule has 1 aromatic heterocycles. The highest BCUT2D eigenvalue weighted by molar-refractivity contribution is 7.89. The summed E-state index contributed by atoms with van der Waals surface area (Å²) < 4.78 is 45.8. The Bertz CT molecular complexity index is 1020. The van der Waals surface area contributed by atoms with E-state index in [-0.39, 0.29) is 23.9 Å². The van der Waals surface area contributed by atoms with Crippen LogP contribution >= 0.6 is 0 Å². The third-order valence-electron chi connectivity index (χ3n) is 4.43. The number of benzene rings is 2. The molecule has 0 aliphatic carbocycles. The van der Waals surface area contributed by atoms with Crippen LogP contribution in [0.1, 0.15) is 18.2 Å². The highest BCUT2D eigenvalue weighted by Gasteiger charge is 2.36. The smallest absolute Gasteiger partial charge is 0.257 e. The Balaban J connectivity index is 1.54. The van der Waals surface area contributed by atoms with Crippen LogP contribution < -0.4 is 0 Å². The third kappa shape index (κ3) is 3.02. The molecular formula is C18H16FN3O3S. The maximum atomic E-state index is 13.9. The van der Waals surface area contributed by atoms with E-state index in [2.05, 4.69) is 10.1 Å². The van der Waals surface area contributed by atoms with Crippen molar-refractivity contribution < 1.29 is 17.3 Å². The van der Waals surface area contributed by atoms with Crippen LogP contribution in [0.2, 0.25) is 0 Å². The number of rotatable bonds is 4. The summed E-state index contributed by atoms with van der Waals surface area (Å²) in [5.41, 5.74) is 0.806.